The van der Waals surface area contributed by atoms with Crippen LogP contribution in [-0.4, -0.2) is 44.3 Å². The molecule has 0 aliphatic rings. The monoisotopic (exact) mass is 561 g/mol. The van der Waals surface area contributed by atoms with Crippen LogP contribution in [0.1, 0.15) is 25.0 Å². The van der Waals surface area contributed by atoms with E-state index in [1.807, 2.05) is 31.2 Å². The largest absolute Gasteiger partial charge is 0.355 e. The summed E-state index contributed by atoms with van der Waals surface area (Å²) in [5.74, 6) is -0.919. The Morgan fingerprint density at radius 1 is 0.973 bits per heavy atom. The standard InChI is InChI=1S/C27H29Cl2N3O4S/c1-4-30-27(34)20(3)31(17-21-10-8-9-19(2)15-21)26(33)18-32(25-16-22(28)13-14-24(25)29)37(35,36)23-11-6-5-7-12-23/h5-16,20H,4,17-18H2,1-3H3,(H,30,34). The zero-order chi connectivity index (χ0) is 27.2. The van der Waals surface area contributed by atoms with Crippen molar-refractivity contribution >= 4 is 50.7 Å². The summed E-state index contributed by atoms with van der Waals surface area (Å²) in [7, 11) is -4.22. The molecule has 0 aliphatic heterocycles. The van der Waals surface area contributed by atoms with Gasteiger partial charge in [-0.2, -0.15) is 0 Å². The lowest BCUT2D eigenvalue weighted by Gasteiger charge is -2.32. The number of nitrogens with one attached hydrogen (secondary N) is 1. The third-order valence-electron chi connectivity index (χ3n) is 5.74. The van der Waals surface area contributed by atoms with E-state index in [4.69, 9.17) is 23.2 Å². The van der Waals surface area contributed by atoms with Gasteiger partial charge in [0.25, 0.3) is 10.0 Å². The van der Waals surface area contributed by atoms with Crippen LogP contribution in [-0.2, 0) is 26.2 Å². The fourth-order valence-corrected chi connectivity index (χ4v) is 5.70. The second-order valence-corrected chi connectivity index (χ2v) is 11.2. The smallest absolute Gasteiger partial charge is 0.264 e. The van der Waals surface area contributed by atoms with E-state index in [0.717, 1.165) is 15.4 Å². The fourth-order valence-electron chi connectivity index (χ4n) is 3.82. The SMILES string of the molecule is CCNC(=O)C(C)N(Cc1cccc(C)c1)C(=O)CN(c1cc(Cl)ccc1Cl)S(=O)(=O)c1ccccc1. The van der Waals surface area contributed by atoms with E-state index in [-0.39, 0.29) is 33.1 Å². The zero-order valence-electron chi connectivity index (χ0n) is 20.8. The van der Waals surface area contributed by atoms with Crippen LogP contribution in [0.25, 0.3) is 0 Å². The molecule has 1 unspecified atom stereocenters. The number of amides is 2. The molecule has 0 aromatic heterocycles. The Kier molecular flexibility index (Phi) is 9.59. The number of carbonyl (C=O) groups is 2. The lowest BCUT2D eigenvalue weighted by Crippen LogP contribution is -2.51. The molecule has 2 amide bonds. The average Bonchev–Trinajstić information content (AvgIpc) is 2.87. The number of anilines is 1. The van der Waals surface area contributed by atoms with Crippen molar-refractivity contribution in [1.82, 2.24) is 10.2 Å². The number of likely N-dealkylation sites (N-methyl/N-ethyl adjacent to an activating group) is 1. The van der Waals surface area contributed by atoms with Crippen molar-refractivity contribution in [3.05, 3.63) is 94.0 Å². The molecule has 0 bridgehead atoms. The normalized spacial score (nSPS) is 12.0. The molecule has 3 aromatic rings. The Labute approximate surface area is 228 Å². The summed E-state index contributed by atoms with van der Waals surface area (Å²) in [5.41, 5.74) is 1.87. The van der Waals surface area contributed by atoms with E-state index in [2.05, 4.69) is 5.32 Å². The lowest BCUT2D eigenvalue weighted by atomic mass is 10.1. The summed E-state index contributed by atoms with van der Waals surface area (Å²) >= 11 is 12.6. The number of halogens is 2. The zero-order valence-corrected chi connectivity index (χ0v) is 23.1. The minimum absolute atomic E-state index is 0.0131. The summed E-state index contributed by atoms with van der Waals surface area (Å²) in [6.45, 7) is 5.24. The molecule has 0 saturated carbocycles. The van der Waals surface area contributed by atoms with Gasteiger partial charge >= 0.3 is 0 Å². The number of aryl methyl sites for hydroxylation is 1. The Balaban J connectivity index is 2.06. The second-order valence-electron chi connectivity index (χ2n) is 8.50. The van der Waals surface area contributed by atoms with Crippen LogP contribution in [0.2, 0.25) is 10.0 Å². The molecular weight excluding hydrogens is 533 g/mol. The molecule has 37 heavy (non-hydrogen) atoms. The van der Waals surface area contributed by atoms with E-state index in [1.165, 1.54) is 35.2 Å². The van der Waals surface area contributed by atoms with Crippen molar-refractivity contribution in [2.75, 3.05) is 17.4 Å². The van der Waals surface area contributed by atoms with E-state index in [1.54, 1.807) is 32.0 Å². The highest BCUT2D eigenvalue weighted by molar-refractivity contribution is 7.92. The van der Waals surface area contributed by atoms with Gasteiger partial charge in [-0.1, -0.05) is 71.2 Å². The molecule has 1 N–H and O–H groups in total. The fraction of sp³-hybridized carbons (Fsp3) is 0.259. The van der Waals surface area contributed by atoms with Crippen LogP contribution in [0.4, 0.5) is 5.69 Å². The van der Waals surface area contributed by atoms with Gasteiger partial charge in [0.05, 0.1) is 15.6 Å². The summed E-state index contributed by atoms with van der Waals surface area (Å²) in [6.07, 6.45) is 0. The quantitative estimate of drug-likeness (QED) is 0.375. The first kappa shape index (κ1) is 28.5. The Hall–Kier alpha value is -3.07. The highest BCUT2D eigenvalue weighted by atomic mass is 35.5. The van der Waals surface area contributed by atoms with E-state index in [0.29, 0.717) is 6.54 Å². The van der Waals surface area contributed by atoms with Gasteiger partial charge in [0.1, 0.15) is 12.6 Å². The number of hydrogen-bond acceptors (Lipinski definition) is 4. The highest BCUT2D eigenvalue weighted by Crippen LogP contribution is 2.33. The van der Waals surface area contributed by atoms with Crippen LogP contribution in [0.3, 0.4) is 0 Å². The van der Waals surface area contributed by atoms with Crippen molar-refractivity contribution in [2.24, 2.45) is 0 Å². The topological polar surface area (TPSA) is 86.8 Å². The molecular formula is C27H29Cl2N3O4S. The van der Waals surface area contributed by atoms with Gasteiger partial charge in [0, 0.05) is 18.1 Å². The van der Waals surface area contributed by atoms with Crippen molar-refractivity contribution in [3.8, 4) is 0 Å². The van der Waals surface area contributed by atoms with Gasteiger partial charge in [-0.15, -0.1) is 0 Å². The summed E-state index contributed by atoms with van der Waals surface area (Å²) < 4.78 is 28.4. The van der Waals surface area contributed by atoms with E-state index < -0.39 is 28.5 Å². The maximum absolute atomic E-state index is 13.8. The molecule has 3 aromatic carbocycles. The van der Waals surface area contributed by atoms with Crippen LogP contribution in [0, 0.1) is 6.92 Å². The lowest BCUT2D eigenvalue weighted by molar-refractivity contribution is -0.139. The van der Waals surface area contributed by atoms with Gasteiger partial charge in [-0.3, -0.25) is 13.9 Å². The minimum atomic E-state index is -4.22. The van der Waals surface area contributed by atoms with Crippen molar-refractivity contribution in [3.63, 3.8) is 0 Å². The third-order valence-corrected chi connectivity index (χ3v) is 8.07. The predicted molar refractivity (Wildman–Crippen MR) is 147 cm³/mol. The number of nitrogens with zero attached hydrogens (tertiary/aromatic N) is 2. The maximum Gasteiger partial charge on any atom is 0.264 e. The molecule has 0 spiro atoms. The maximum atomic E-state index is 13.8. The second kappa shape index (κ2) is 12.4. The molecule has 0 saturated heterocycles. The van der Waals surface area contributed by atoms with Crippen LogP contribution in [0.15, 0.2) is 77.7 Å². The minimum Gasteiger partial charge on any atom is -0.355 e. The molecule has 7 nitrogen and oxygen atoms in total. The van der Waals surface area contributed by atoms with E-state index in [9.17, 15) is 18.0 Å². The van der Waals surface area contributed by atoms with Crippen molar-refractivity contribution in [1.29, 1.82) is 0 Å². The molecule has 0 fully saturated rings. The summed E-state index contributed by atoms with van der Waals surface area (Å²) in [6, 6.07) is 18.9. The van der Waals surface area contributed by atoms with Gasteiger partial charge in [-0.25, -0.2) is 8.42 Å². The molecule has 3 rings (SSSR count). The molecule has 10 heteroatoms. The van der Waals surface area contributed by atoms with Crippen LogP contribution >= 0.6 is 23.2 Å². The van der Waals surface area contributed by atoms with Crippen LogP contribution in [0.5, 0.6) is 0 Å². The molecule has 0 aliphatic carbocycles. The summed E-state index contributed by atoms with van der Waals surface area (Å²) in [5, 5.41) is 3.10. The van der Waals surface area contributed by atoms with E-state index >= 15 is 0 Å². The summed E-state index contributed by atoms with van der Waals surface area (Å²) in [4.78, 5) is 27.9. The first-order valence-corrected chi connectivity index (χ1v) is 13.9. The number of benzene rings is 3. The van der Waals surface area contributed by atoms with Crippen LogP contribution < -0.4 is 9.62 Å². The Morgan fingerprint density at radius 2 is 1.68 bits per heavy atom. The highest BCUT2D eigenvalue weighted by Gasteiger charge is 2.33. The van der Waals surface area contributed by atoms with Gasteiger partial charge in [0.15, 0.2) is 0 Å². The Morgan fingerprint density at radius 3 is 2.32 bits per heavy atom. The van der Waals surface area contributed by atoms with Gasteiger partial charge in [0.2, 0.25) is 11.8 Å². The molecule has 0 radical (unpaired) electrons. The third kappa shape index (κ3) is 7.03. The van der Waals surface area contributed by atoms with Gasteiger partial charge < -0.3 is 10.2 Å². The number of sulfonamides is 1. The number of hydrogen-bond donors (Lipinski definition) is 1. The first-order valence-electron chi connectivity index (χ1n) is 11.7. The molecule has 196 valence electrons. The average molecular weight is 563 g/mol. The molecule has 0 heterocycles. The Bertz CT molecular complexity index is 1370. The number of rotatable bonds is 10. The van der Waals surface area contributed by atoms with Crippen molar-refractivity contribution < 1.29 is 18.0 Å². The predicted octanol–water partition coefficient (Wildman–Crippen LogP) is 5.05. The molecule has 1 atom stereocenters. The van der Waals surface area contributed by atoms with Crippen molar-refractivity contribution in [2.45, 2.75) is 38.3 Å². The van der Waals surface area contributed by atoms with Gasteiger partial charge in [-0.05, 0) is 56.7 Å². The number of carbonyl (C=O) groups excluding carboxylic acids is 2. The first-order chi connectivity index (χ1) is 17.5.